The molecule has 0 radical (unpaired) electrons. The summed E-state index contributed by atoms with van der Waals surface area (Å²) >= 11 is 0. The fraction of sp³-hybridized carbons (Fsp3) is 0.240. The normalized spacial score (nSPS) is 15.8. The van der Waals surface area contributed by atoms with E-state index in [4.69, 9.17) is 10.5 Å². The molecule has 0 spiro atoms. The summed E-state index contributed by atoms with van der Waals surface area (Å²) in [6.07, 6.45) is -0.664. The molecule has 4 rings (SSSR count). The number of aliphatic carboxylic acids is 1. The molecule has 1 amide bonds. The Balaban J connectivity index is 1.70. The van der Waals surface area contributed by atoms with E-state index in [0.29, 0.717) is 18.5 Å². The molecular weight excluding hydrogens is 406 g/mol. The van der Waals surface area contributed by atoms with Crippen molar-refractivity contribution in [3.63, 3.8) is 0 Å². The van der Waals surface area contributed by atoms with Crippen molar-refractivity contribution in [1.82, 2.24) is 0 Å². The molecule has 0 aliphatic carbocycles. The lowest BCUT2D eigenvalue weighted by Crippen LogP contribution is -2.38. The summed E-state index contributed by atoms with van der Waals surface area (Å²) in [6, 6.07) is 18.8. The van der Waals surface area contributed by atoms with Crippen molar-refractivity contribution in [2.75, 3.05) is 4.90 Å². The van der Waals surface area contributed by atoms with Crippen molar-refractivity contribution >= 4 is 34.4 Å². The largest absolute Gasteiger partial charge is 0.480 e. The number of carboxylic acids is 1. The first-order valence-electron chi connectivity index (χ1n) is 10.5. The second-order valence-electron chi connectivity index (χ2n) is 8.10. The Morgan fingerprint density at radius 2 is 1.91 bits per heavy atom. The lowest BCUT2D eigenvalue weighted by atomic mass is 10.0. The molecule has 0 saturated heterocycles. The average molecular weight is 431 g/mol. The first-order chi connectivity index (χ1) is 15.3. The molecule has 3 aromatic carbocycles. The van der Waals surface area contributed by atoms with Crippen LogP contribution < -0.4 is 10.6 Å². The number of carbonyl (C=O) groups excluding carboxylic acids is 1. The highest BCUT2D eigenvalue weighted by Gasteiger charge is 2.35. The van der Waals surface area contributed by atoms with E-state index < -0.39 is 18.1 Å². The van der Waals surface area contributed by atoms with Crippen LogP contribution in [0, 0.1) is 0 Å². The molecule has 0 saturated carbocycles. The summed E-state index contributed by atoms with van der Waals surface area (Å²) in [5.41, 5.74) is 9.32. The fourth-order valence-corrected chi connectivity index (χ4v) is 4.07. The average Bonchev–Trinajstić information content (AvgIpc) is 3.11. The lowest BCUT2D eigenvalue weighted by molar-refractivity contribution is -0.138. The molecule has 32 heavy (non-hydrogen) atoms. The Morgan fingerprint density at radius 3 is 2.66 bits per heavy atom. The molecule has 7 heteroatoms. The second kappa shape index (κ2) is 8.70. The van der Waals surface area contributed by atoms with Gasteiger partial charge < -0.3 is 20.5 Å². The van der Waals surface area contributed by atoms with E-state index in [1.807, 2.05) is 53.4 Å². The van der Waals surface area contributed by atoms with Crippen LogP contribution in [0.4, 0.5) is 10.5 Å². The third-order valence-electron chi connectivity index (χ3n) is 5.53. The minimum atomic E-state index is -0.884. The van der Waals surface area contributed by atoms with E-state index in [0.717, 1.165) is 27.6 Å². The van der Waals surface area contributed by atoms with E-state index in [2.05, 4.69) is 4.99 Å². The number of carbonyl (C=O) groups is 2. The van der Waals surface area contributed by atoms with Gasteiger partial charge in [-0.2, -0.15) is 4.99 Å². The zero-order chi connectivity index (χ0) is 22.8. The summed E-state index contributed by atoms with van der Waals surface area (Å²) in [5, 5.41) is 12.1. The molecule has 3 N–H and O–H groups in total. The minimum Gasteiger partial charge on any atom is -0.480 e. The molecule has 164 valence electrons. The highest BCUT2D eigenvalue weighted by Crippen LogP contribution is 2.35. The van der Waals surface area contributed by atoms with Crippen LogP contribution in [0.3, 0.4) is 0 Å². The number of amidine groups is 1. The van der Waals surface area contributed by atoms with Crippen molar-refractivity contribution < 1.29 is 19.4 Å². The molecule has 1 aliphatic rings. The maximum absolute atomic E-state index is 12.0. The summed E-state index contributed by atoms with van der Waals surface area (Å²) in [4.78, 5) is 29.6. The van der Waals surface area contributed by atoms with Gasteiger partial charge in [-0.3, -0.25) is 0 Å². The maximum atomic E-state index is 12.0. The van der Waals surface area contributed by atoms with Crippen molar-refractivity contribution in [3.8, 4) is 0 Å². The Bertz CT molecular complexity index is 1210. The summed E-state index contributed by atoms with van der Waals surface area (Å²) < 4.78 is 5.03. The number of fused-ring (bicyclic) bond motifs is 2. The number of benzene rings is 3. The third-order valence-corrected chi connectivity index (χ3v) is 5.53. The number of hydrogen-bond donors (Lipinski definition) is 2. The Hall–Kier alpha value is -3.87. The lowest BCUT2D eigenvalue weighted by Gasteiger charge is -2.26. The van der Waals surface area contributed by atoms with Gasteiger partial charge in [-0.1, -0.05) is 54.6 Å². The zero-order valence-corrected chi connectivity index (χ0v) is 18.0. The second-order valence-corrected chi connectivity index (χ2v) is 8.10. The van der Waals surface area contributed by atoms with Crippen LogP contribution in [0.1, 0.15) is 30.5 Å². The number of nitrogens with zero attached hydrogens (tertiary/aromatic N) is 2. The van der Waals surface area contributed by atoms with Crippen LogP contribution in [0.2, 0.25) is 0 Å². The number of amides is 1. The highest BCUT2D eigenvalue weighted by molar-refractivity contribution is 6.03. The van der Waals surface area contributed by atoms with Crippen LogP contribution in [0.5, 0.6) is 0 Å². The predicted octanol–water partition coefficient (Wildman–Crippen LogP) is 4.11. The third kappa shape index (κ3) is 4.27. The van der Waals surface area contributed by atoms with Crippen LogP contribution >= 0.6 is 0 Å². The molecule has 3 aromatic rings. The Kier molecular flexibility index (Phi) is 5.81. The topological polar surface area (TPSA) is 105 Å². The van der Waals surface area contributed by atoms with Crippen LogP contribution in [0.25, 0.3) is 10.8 Å². The van der Waals surface area contributed by atoms with Crippen molar-refractivity contribution in [2.45, 2.75) is 39.0 Å². The Labute approximate surface area is 186 Å². The summed E-state index contributed by atoms with van der Waals surface area (Å²) in [7, 11) is 0. The first-order valence-corrected chi connectivity index (χ1v) is 10.5. The van der Waals surface area contributed by atoms with E-state index >= 15 is 0 Å². The maximum Gasteiger partial charge on any atom is 0.435 e. The molecule has 1 heterocycles. The van der Waals surface area contributed by atoms with Crippen molar-refractivity contribution in [1.29, 1.82) is 0 Å². The molecule has 0 fully saturated rings. The van der Waals surface area contributed by atoms with Gasteiger partial charge in [0.05, 0.1) is 6.10 Å². The van der Waals surface area contributed by atoms with Gasteiger partial charge in [0.2, 0.25) is 0 Å². The minimum absolute atomic E-state index is 0.0299. The van der Waals surface area contributed by atoms with Gasteiger partial charge in [0.15, 0.2) is 0 Å². The fourth-order valence-electron chi connectivity index (χ4n) is 4.07. The van der Waals surface area contributed by atoms with Gasteiger partial charge in [0.1, 0.15) is 11.9 Å². The van der Waals surface area contributed by atoms with Gasteiger partial charge >= 0.3 is 12.1 Å². The molecule has 0 aromatic heterocycles. The van der Waals surface area contributed by atoms with E-state index in [-0.39, 0.29) is 11.9 Å². The van der Waals surface area contributed by atoms with Gasteiger partial charge in [0, 0.05) is 24.2 Å². The van der Waals surface area contributed by atoms with Gasteiger partial charge in [-0.05, 0) is 41.8 Å². The quantitative estimate of drug-likeness (QED) is 0.465. The smallest absolute Gasteiger partial charge is 0.435 e. The summed E-state index contributed by atoms with van der Waals surface area (Å²) in [6.45, 7) is 3.90. The SMILES string of the molecule is CC(C)OC(=O)/N=C(\N)c1ccc2c(c1)N(Cc1cccc3ccccc13)C(C(=O)O)C2. The van der Waals surface area contributed by atoms with E-state index in [1.54, 1.807) is 26.0 Å². The van der Waals surface area contributed by atoms with E-state index in [1.165, 1.54) is 0 Å². The number of ether oxygens (including phenoxy) is 1. The molecule has 1 atom stereocenters. The number of aliphatic imine (C=N–C) groups is 1. The number of hydrogen-bond acceptors (Lipinski definition) is 4. The Morgan fingerprint density at radius 1 is 1.16 bits per heavy atom. The van der Waals surface area contributed by atoms with E-state index in [9.17, 15) is 14.7 Å². The molecular formula is C25H25N3O4. The molecule has 1 aliphatic heterocycles. The van der Waals surface area contributed by atoms with Crippen molar-refractivity contribution in [3.05, 3.63) is 77.4 Å². The van der Waals surface area contributed by atoms with Crippen molar-refractivity contribution in [2.24, 2.45) is 10.7 Å². The van der Waals surface area contributed by atoms with Gasteiger partial charge in [0.25, 0.3) is 0 Å². The standard InChI is InChI=1S/C25H25N3O4/c1-15(2)32-25(31)27-23(26)18-11-10-17-12-22(24(29)30)28(21(17)13-18)14-19-8-5-7-16-6-3-4-9-20(16)19/h3-11,13,15,22H,12,14H2,1-2H3,(H,29,30)(H2,26,27,31). The van der Waals surface area contributed by atoms with Gasteiger partial charge in [-0.25, -0.2) is 9.59 Å². The zero-order valence-electron chi connectivity index (χ0n) is 18.0. The number of nitrogens with two attached hydrogens (primary N) is 1. The van der Waals surface area contributed by atoms with Crippen LogP contribution in [-0.2, 0) is 22.5 Å². The van der Waals surface area contributed by atoms with Crippen LogP contribution in [0.15, 0.2) is 65.7 Å². The number of anilines is 1. The monoisotopic (exact) mass is 431 g/mol. The highest BCUT2D eigenvalue weighted by atomic mass is 16.6. The predicted molar refractivity (Wildman–Crippen MR) is 124 cm³/mol. The molecule has 0 bridgehead atoms. The molecule has 1 unspecified atom stereocenters. The number of rotatable bonds is 5. The van der Waals surface area contributed by atoms with Gasteiger partial charge in [-0.15, -0.1) is 0 Å². The molecule has 7 nitrogen and oxygen atoms in total. The van der Waals surface area contributed by atoms with Crippen LogP contribution in [-0.4, -0.2) is 35.2 Å². The summed E-state index contributed by atoms with van der Waals surface area (Å²) in [5.74, 6) is -0.854. The first kappa shape index (κ1) is 21.4. The number of carboxylic acid groups (broad SMARTS) is 1.